The molecule has 0 unspecified atom stereocenters. The number of likely N-dealkylation sites (tertiary alicyclic amines) is 1. The molecule has 40 heavy (non-hydrogen) atoms. The van der Waals surface area contributed by atoms with Crippen molar-refractivity contribution in [1.82, 2.24) is 9.88 Å². The van der Waals surface area contributed by atoms with Crippen molar-refractivity contribution in [3.63, 3.8) is 0 Å². The highest BCUT2D eigenvalue weighted by atomic mass is 35.5. The van der Waals surface area contributed by atoms with Crippen LogP contribution in [0.15, 0.2) is 73.1 Å². The van der Waals surface area contributed by atoms with Gasteiger partial charge in [-0.1, -0.05) is 48.0 Å². The van der Waals surface area contributed by atoms with Crippen LogP contribution in [0.5, 0.6) is 5.75 Å². The summed E-state index contributed by atoms with van der Waals surface area (Å²) in [5.41, 5.74) is 7.67. The molecule has 6 heteroatoms. The molecule has 4 nitrogen and oxygen atoms in total. The summed E-state index contributed by atoms with van der Waals surface area (Å²) in [6.07, 6.45) is 8.42. The molecule has 1 aromatic heterocycles. The average Bonchev–Trinajstić information content (AvgIpc) is 3.64. The molecule has 2 aliphatic rings. The van der Waals surface area contributed by atoms with E-state index in [-0.39, 0.29) is 5.82 Å². The van der Waals surface area contributed by atoms with Gasteiger partial charge in [-0.05, 0) is 97.6 Å². The van der Waals surface area contributed by atoms with E-state index in [1.165, 1.54) is 30.0 Å². The van der Waals surface area contributed by atoms with Gasteiger partial charge in [0.1, 0.15) is 24.2 Å². The number of halogens is 2. The number of nitriles is 1. The molecule has 0 radical (unpaired) electrons. The lowest BCUT2D eigenvalue weighted by atomic mass is 9.90. The molecule has 0 bridgehead atoms. The van der Waals surface area contributed by atoms with Crippen molar-refractivity contribution >= 4 is 11.6 Å². The SMILES string of the molecule is N#Cc1cncc(COc2cc(C[C@H]3CCc4c(-c5ccccc5F)cccc43)c(Cl)cc2CN2CCCC2)c1. The van der Waals surface area contributed by atoms with Gasteiger partial charge in [-0.25, -0.2) is 4.39 Å². The van der Waals surface area contributed by atoms with Crippen LogP contribution >= 0.6 is 11.6 Å². The lowest BCUT2D eigenvalue weighted by Crippen LogP contribution is -2.19. The van der Waals surface area contributed by atoms with Gasteiger partial charge in [0.25, 0.3) is 0 Å². The van der Waals surface area contributed by atoms with E-state index in [4.69, 9.17) is 16.3 Å². The maximum Gasteiger partial charge on any atom is 0.131 e. The predicted molar refractivity (Wildman–Crippen MR) is 156 cm³/mol. The zero-order chi connectivity index (χ0) is 27.5. The Balaban J connectivity index is 1.28. The first kappa shape index (κ1) is 26.5. The second-order valence-electron chi connectivity index (χ2n) is 10.8. The molecule has 0 amide bonds. The summed E-state index contributed by atoms with van der Waals surface area (Å²) < 4.78 is 21.0. The van der Waals surface area contributed by atoms with Crippen LogP contribution < -0.4 is 4.74 Å². The third kappa shape index (κ3) is 5.61. The van der Waals surface area contributed by atoms with Crippen molar-refractivity contribution in [2.24, 2.45) is 0 Å². The van der Waals surface area contributed by atoms with E-state index in [9.17, 15) is 9.65 Å². The Hall–Kier alpha value is -3.72. The van der Waals surface area contributed by atoms with Gasteiger partial charge in [0.15, 0.2) is 0 Å². The second kappa shape index (κ2) is 11.8. The quantitative estimate of drug-likeness (QED) is 0.224. The summed E-state index contributed by atoms with van der Waals surface area (Å²) >= 11 is 6.93. The number of nitrogens with zero attached hydrogens (tertiary/aromatic N) is 3. The Bertz CT molecular complexity index is 1570. The fraction of sp³-hybridized carbons (Fsp3) is 0.294. The number of rotatable bonds is 8. The van der Waals surface area contributed by atoms with E-state index in [1.807, 2.05) is 30.3 Å². The zero-order valence-electron chi connectivity index (χ0n) is 22.4. The van der Waals surface area contributed by atoms with Crippen LogP contribution in [0.1, 0.15) is 58.6 Å². The first-order valence-electron chi connectivity index (χ1n) is 14.0. The van der Waals surface area contributed by atoms with E-state index in [0.717, 1.165) is 71.9 Å². The van der Waals surface area contributed by atoms with E-state index < -0.39 is 0 Å². The van der Waals surface area contributed by atoms with Gasteiger partial charge in [0.2, 0.25) is 0 Å². The Kier molecular flexibility index (Phi) is 7.82. The molecule has 1 saturated heterocycles. The minimum atomic E-state index is -0.187. The first-order valence-corrected chi connectivity index (χ1v) is 14.3. The number of ether oxygens (including phenoxy) is 1. The molecule has 1 aliphatic carbocycles. The molecular weight excluding hydrogens is 521 g/mol. The molecule has 1 aliphatic heterocycles. The minimum absolute atomic E-state index is 0.187. The summed E-state index contributed by atoms with van der Waals surface area (Å²) in [6, 6.07) is 21.4. The Morgan fingerprint density at radius 2 is 1.82 bits per heavy atom. The summed E-state index contributed by atoms with van der Waals surface area (Å²) in [6.45, 7) is 3.28. The van der Waals surface area contributed by atoms with Crippen molar-refractivity contribution < 1.29 is 9.13 Å². The van der Waals surface area contributed by atoms with Crippen LogP contribution in [0.3, 0.4) is 0 Å². The Labute approximate surface area is 240 Å². The van der Waals surface area contributed by atoms with Crippen molar-refractivity contribution in [3.8, 4) is 22.9 Å². The molecule has 1 fully saturated rings. The summed E-state index contributed by atoms with van der Waals surface area (Å²) in [5, 5.41) is 10.0. The summed E-state index contributed by atoms with van der Waals surface area (Å²) in [5.74, 6) is 0.938. The van der Waals surface area contributed by atoms with Crippen molar-refractivity contribution in [2.75, 3.05) is 13.1 Å². The van der Waals surface area contributed by atoms with Gasteiger partial charge in [0, 0.05) is 40.7 Å². The maximum atomic E-state index is 14.7. The first-order chi connectivity index (χ1) is 19.6. The predicted octanol–water partition coefficient (Wildman–Crippen LogP) is 7.86. The number of benzene rings is 3. The second-order valence-corrected chi connectivity index (χ2v) is 11.2. The van der Waals surface area contributed by atoms with Crippen LogP contribution in [-0.2, 0) is 26.0 Å². The van der Waals surface area contributed by atoms with E-state index in [0.29, 0.717) is 23.7 Å². The normalized spacial score (nSPS) is 16.6. The number of pyridine rings is 1. The topological polar surface area (TPSA) is 49.1 Å². The summed E-state index contributed by atoms with van der Waals surface area (Å²) in [7, 11) is 0. The van der Waals surface area contributed by atoms with Crippen LogP contribution in [0.25, 0.3) is 11.1 Å². The number of fused-ring (bicyclic) bond motifs is 1. The molecule has 2 heterocycles. The highest BCUT2D eigenvalue weighted by molar-refractivity contribution is 6.31. The standard InChI is InChI=1S/C34H31ClFN3O/c35-32-16-27(21-39-12-3-4-13-39)34(40-22-24-14-23(18-37)19-38-20-24)17-26(32)15-25-10-11-30-28(25)7-5-8-29(30)31-6-1-2-9-33(31)36/h1-2,5-9,14,16-17,19-20,25H,3-4,10-13,15,21-22H2/t25-/m1/s1. The van der Waals surface area contributed by atoms with Gasteiger partial charge in [-0.15, -0.1) is 0 Å². The van der Waals surface area contributed by atoms with Gasteiger partial charge >= 0.3 is 0 Å². The lowest BCUT2D eigenvalue weighted by Gasteiger charge is -2.21. The van der Waals surface area contributed by atoms with Gasteiger partial charge in [-0.3, -0.25) is 9.88 Å². The molecule has 3 aromatic carbocycles. The Morgan fingerprint density at radius 3 is 2.65 bits per heavy atom. The summed E-state index contributed by atoms with van der Waals surface area (Å²) in [4.78, 5) is 6.61. The average molecular weight is 552 g/mol. The van der Waals surface area contributed by atoms with Crippen LogP contribution in [0.2, 0.25) is 5.02 Å². The lowest BCUT2D eigenvalue weighted by molar-refractivity contribution is 0.285. The van der Waals surface area contributed by atoms with Gasteiger partial charge < -0.3 is 4.74 Å². The third-order valence-corrected chi connectivity index (χ3v) is 8.52. The molecule has 202 valence electrons. The van der Waals surface area contributed by atoms with Crippen molar-refractivity contribution in [2.45, 2.75) is 51.2 Å². The minimum Gasteiger partial charge on any atom is -0.489 e. The molecule has 0 saturated carbocycles. The number of hydrogen-bond donors (Lipinski definition) is 0. The van der Waals surface area contributed by atoms with Crippen LogP contribution in [-0.4, -0.2) is 23.0 Å². The smallest absolute Gasteiger partial charge is 0.131 e. The van der Waals surface area contributed by atoms with E-state index in [1.54, 1.807) is 18.5 Å². The van der Waals surface area contributed by atoms with E-state index in [2.05, 4.69) is 34.2 Å². The molecular formula is C34H31ClFN3O. The third-order valence-electron chi connectivity index (χ3n) is 8.17. The largest absolute Gasteiger partial charge is 0.489 e. The highest BCUT2D eigenvalue weighted by Crippen LogP contribution is 2.42. The number of hydrogen-bond acceptors (Lipinski definition) is 4. The molecule has 6 rings (SSSR count). The zero-order valence-corrected chi connectivity index (χ0v) is 23.1. The van der Waals surface area contributed by atoms with Crippen molar-refractivity contribution in [3.05, 3.63) is 117 Å². The van der Waals surface area contributed by atoms with Crippen LogP contribution in [0, 0.1) is 17.1 Å². The van der Waals surface area contributed by atoms with Crippen molar-refractivity contribution in [1.29, 1.82) is 5.26 Å². The fourth-order valence-corrected chi connectivity index (χ4v) is 6.43. The molecule has 0 N–H and O–H groups in total. The highest BCUT2D eigenvalue weighted by Gasteiger charge is 2.27. The fourth-order valence-electron chi connectivity index (χ4n) is 6.17. The monoisotopic (exact) mass is 551 g/mol. The van der Waals surface area contributed by atoms with Gasteiger partial charge in [-0.2, -0.15) is 5.26 Å². The number of aromatic nitrogens is 1. The molecule has 0 spiro atoms. The molecule has 1 atom stereocenters. The van der Waals surface area contributed by atoms with Crippen LogP contribution in [0.4, 0.5) is 4.39 Å². The maximum absolute atomic E-state index is 14.7. The van der Waals surface area contributed by atoms with Gasteiger partial charge in [0.05, 0.1) is 5.56 Å². The molecule has 4 aromatic rings. The Morgan fingerprint density at radius 1 is 1.00 bits per heavy atom. The van der Waals surface area contributed by atoms with E-state index >= 15 is 0 Å².